The Kier molecular flexibility index (Phi) is 8.33. The number of benzene rings is 7. The molecule has 0 fully saturated rings. The number of aryl methyl sites for hydroxylation is 1. The summed E-state index contributed by atoms with van der Waals surface area (Å²) in [5.41, 5.74) is 11.9. The van der Waals surface area contributed by atoms with Crippen LogP contribution < -0.4 is 14.0 Å². The van der Waals surface area contributed by atoms with Gasteiger partial charge in [-0.05, 0) is 63.4 Å². The van der Waals surface area contributed by atoms with Gasteiger partial charge in [-0.1, -0.05) is 129 Å². The number of ether oxygens (including phenoxy) is 2. The number of fused-ring (bicyclic) bond motifs is 11. The molecule has 0 bridgehead atoms. The summed E-state index contributed by atoms with van der Waals surface area (Å²) in [7, 11) is 2.06. The number of nitrogens with zero attached hydrogens (tertiary/aromatic N) is 4. The van der Waals surface area contributed by atoms with Crippen molar-refractivity contribution < 1.29 is 35.1 Å². The molecule has 0 saturated heterocycles. The molecule has 0 amide bonds. The van der Waals surface area contributed by atoms with Crippen LogP contribution >= 0.6 is 0 Å². The van der Waals surface area contributed by atoms with Gasteiger partial charge in [0.15, 0.2) is 0 Å². The summed E-state index contributed by atoms with van der Waals surface area (Å²) in [5.74, 6) is 3.64. The van der Waals surface area contributed by atoms with Gasteiger partial charge in [0.1, 0.15) is 17.3 Å². The maximum absolute atomic E-state index is 6.97. The molecular formula is C54H38N4O2Pt-2. The van der Waals surface area contributed by atoms with Gasteiger partial charge < -0.3 is 23.2 Å². The first kappa shape index (κ1) is 37.3. The molecule has 7 aromatic carbocycles. The second-order valence-electron chi connectivity index (χ2n) is 16.8. The number of hydrogen-bond donors (Lipinski definition) is 0. The minimum absolute atomic E-state index is 0. The maximum Gasteiger partial charge on any atom is 0.242 e. The van der Waals surface area contributed by atoms with Gasteiger partial charge in [0, 0.05) is 60.8 Å². The average Bonchev–Trinajstić information content (AvgIpc) is 3.79. The van der Waals surface area contributed by atoms with Crippen LogP contribution in [-0.2, 0) is 38.9 Å². The van der Waals surface area contributed by atoms with Crippen molar-refractivity contribution in [2.75, 3.05) is 0 Å². The molecule has 0 N–H and O–H groups in total. The first-order valence-corrected chi connectivity index (χ1v) is 20.4. The van der Waals surface area contributed by atoms with E-state index in [2.05, 4.69) is 187 Å². The van der Waals surface area contributed by atoms with Crippen molar-refractivity contribution in [3.05, 3.63) is 204 Å². The zero-order chi connectivity index (χ0) is 40.3. The first-order chi connectivity index (χ1) is 29.3. The van der Waals surface area contributed by atoms with E-state index in [0.29, 0.717) is 11.5 Å². The normalized spacial score (nSPS) is 15.0. The Hall–Kier alpha value is -6.75. The summed E-state index contributed by atoms with van der Waals surface area (Å²) in [5, 5.41) is 2.21. The molecule has 6 nitrogen and oxygen atoms in total. The van der Waals surface area contributed by atoms with E-state index in [1.165, 1.54) is 5.56 Å². The summed E-state index contributed by atoms with van der Waals surface area (Å²) >= 11 is 0. The fourth-order valence-electron chi connectivity index (χ4n) is 9.73. The quantitative estimate of drug-likeness (QED) is 0.130. The third-order valence-electron chi connectivity index (χ3n) is 12.4. The number of hydrogen-bond acceptors (Lipinski definition) is 3. The van der Waals surface area contributed by atoms with Crippen LogP contribution in [0.2, 0.25) is 0 Å². The number of rotatable bonds is 4. The van der Waals surface area contributed by atoms with Crippen LogP contribution in [0.25, 0.3) is 55.5 Å². The Balaban J connectivity index is 0.00000420. The minimum atomic E-state index is -0.801. The molecule has 1 spiro atoms. The largest absolute Gasteiger partial charge is 0.510 e. The van der Waals surface area contributed by atoms with Crippen molar-refractivity contribution >= 4 is 32.8 Å². The minimum Gasteiger partial charge on any atom is -0.510 e. The summed E-state index contributed by atoms with van der Waals surface area (Å²) < 4.78 is 20.2. The predicted octanol–water partition coefficient (Wildman–Crippen LogP) is 11.9. The Morgan fingerprint density at radius 1 is 0.689 bits per heavy atom. The van der Waals surface area contributed by atoms with Crippen molar-refractivity contribution in [2.45, 2.75) is 31.6 Å². The number of imidazole rings is 1. The smallest absolute Gasteiger partial charge is 0.242 e. The van der Waals surface area contributed by atoms with E-state index in [0.717, 1.165) is 89.2 Å². The second-order valence-corrected chi connectivity index (χ2v) is 16.8. The molecule has 298 valence electrons. The molecule has 0 saturated carbocycles. The maximum atomic E-state index is 6.97. The topological polar surface area (TPSA) is 45.1 Å². The standard InChI is InChI=1S/C54H38N4O2.Pt/c1-53(2,3)35-23-28-48-43(30-35)54(51-38(17-12-21-49(51)60-48)34-14-6-5-7-15-34)41-27-25-37(32-47(41)57-33-56(4)45-20-13-18-42(54)52(45)57)59-36-24-26-40-39-16-8-9-19-44(39)58(46(40)31-36)50-22-10-11-29-55-50;/h5-30H,1-4H3;/q-2;. The van der Waals surface area contributed by atoms with Crippen LogP contribution in [0.4, 0.5) is 0 Å². The summed E-state index contributed by atoms with van der Waals surface area (Å²) in [6.07, 6.45) is 5.48. The molecule has 2 aliphatic heterocycles. The fraction of sp³-hybridized carbons (Fsp3) is 0.111. The van der Waals surface area contributed by atoms with Gasteiger partial charge in [-0.3, -0.25) is 0 Å². The molecule has 1 unspecified atom stereocenters. The molecule has 5 heterocycles. The van der Waals surface area contributed by atoms with Crippen LogP contribution in [0, 0.1) is 18.5 Å². The van der Waals surface area contributed by atoms with Gasteiger partial charge in [0.05, 0.1) is 18.1 Å². The monoisotopic (exact) mass is 969 g/mol. The van der Waals surface area contributed by atoms with E-state index in [9.17, 15) is 0 Å². The first-order valence-electron chi connectivity index (χ1n) is 20.4. The van der Waals surface area contributed by atoms with E-state index in [1.54, 1.807) is 0 Å². The van der Waals surface area contributed by atoms with Gasteiger partial charge in [0.2, 0.25) is 6.33 Å². The second kappa shape index (κ2) is 13.6. The molecule has 7 heteroatoms. The van der Waals surface area contributed by atoms with Crippen LogP contribution in [0.15, 0.2) is 158 Å². The Morgan fingerprint density at radius 3 is 2.31 bits per heavy atom. The van der Waals surface area contributed by atoms with Crippen molar-refractivity contribution in [3.8, 4) is 45.6 Å². The SMILES string of the molecule is C[n+]1[c-]n2c3c(cccc31)C1(c3ccc(Oc4[c-]c5c(cc4)c4ccccc4n5-c4ccccn4)[c-]c3-2)c2cc(C(C)(C)C)ccc2Oc2cccc(-c3ccccc3)c21.[Pt]. The van der Waals surface area contributed by atoms with E-state index in [1.807, 2.05) is 30.5 Å². The molecule has 2 aliphatic rings. The molecule has 10 aromatic rings. The Bertz CT molecular complexity index is 3380. The average molecular weight is 970 g/mol. The summed E-state index contributed by atoms with van der Waals surface area (Å²) in [6, 6.07) is 60.7. The van der Waals surface area contributed by atoms with Gasteiger partial charge >= 0.3 is 0 Å². The number of pyridine rings is 1. The van der Waals surface area contributed by atoms with Crippen LogP contribution in [0.3, 0.4) is 0 Å². The van der Waals surface area contributed by atoms with Gasteiger partial charge in [0.25, 0.3) is 0 Å². The van der Waals surface area contributed by atoms with Crippen molar-refractivity contribution in [3.63, 3.8) is 0 Å². The van der Waals surface area contributed by atoms with Crippen LogP contribution in [0.1, 0.15) is 48.6 Å². The summed E-state index contributed by atoms with van der Waals surface area (Å²) in [6.45, 7) is 6.81. The Labute approximate surface area is 368 Å². The zero-order valence-electron chi connectivity index (χ0n) is 33.9. The van der Waals surface area contributed by atoms with Crippen molar-refractivity contribution in [2.24, 2.45) is 7.05 Å². The predicted molar refractivity (Wildman–Crippen MR) is 236 cm³/mol. The van der Waals surface area contributed by atoms with Gasteiger partial charge in [-0.2, -0.15) is 12.1 Å². The number of aromatic nitrogens is 4. The van der Waals surface area contributed by atoms with Gasteiger partial charge in [-0.15, -0.1) is 35.2 Å². The number of para-hydroxylation sites is 2. The van der Waals surface area contributed by atoms with Crippen LogP contribution in [-0.4, -0.2) is 14.1 Å². The molecule has 61 heavy (non-hydrogen) atoms. The van der Waals surface area contributed by atoms with E-state index in [4.69, 9.17) is 14.5 Å². The molecule has 1 atom stereocenters. The Morgan fingerprint density at radius 2 is 1.48 bits per heavy atom. The van der Waals surface area contributed by atoms with E-state index < -0.39 is 5.41 Å². The molecule has 3 aromatic heterocycles. The van der Waals surface area contributed by atoms with Crippen molar-refractivity contribution in [1.29, 1.82) is 0 Å². The summed E-state index contributed by atoms with van der Waals surface area (Å²) in [4.78, 5) is 4.72. The van der Waals surface area contributed by atoms with Crippen molar-refractivity contribution in [1.82, 2.24) is 14.1 Å². The molecule has 0 aliphatic carbocycles. The molecule has 0 radical (unpaired) electrons. The molecule has 12 rings (SSSR count). The third kappa shape index (κ3) is 5.38. The fourth-order valence-corrected chi connectivity index (χ4v) is 9.73. The van der Waals surface area contributed by atoms with E-state index >= 15 is 0 Å². The zero-order valence-corrected chi connectivity index (χ0v) is 36.2. The van der Waals surface area contributed by atoms with Crippen LogP contribution in [0.5, 0.6) is 23.0 Å². The van der Waals surface area contributed by atoms with E-state index in [-0.39, 0.29) is 26.5 Å². The van der Waals surface area contributed by atoms with Gasteiger partial charge in [-0.25, -0.2) is 4.98 Å². The third-order valence-corrected chi connectivity index (χ3v) is 12.4. The molecular weight excluding hydrogens is 932 g/mol.